The molecule has 14 heteroatoms. The minimum atomic E-state index is -1.35. The van der Waals surface area contributed by atoms with Gasteiger partial charge in [0.15, 0.2) is 17.5 Å². The number of hydrogen-bond donors (Lipinski definition) is 1. The third-order valence-electron chi connectivity index (χ3n) is 5.61. The molecule has 0 amide bonds. The van der Waals surface area contributed by atoms with Gasteiger partial charge in [-0.3, -0.25) is 23.3 Å². The molecule has 0 unspecified atom stereocenters. The Morgan fingerprint density at radius 1 is 0.892 bits per heavy atom. The molecule has 1 N–H and O–H groups in total. The Labute approximate surface area is 214 Å². The summed E-state index contributed by atoms with van der Waals surface area (Å²) in [4.78, 5) is 30.5. The molecule has 0 radical (unpaired) electrons. The number of nitrogens with zero attached hydrogens (tertiary/aromatic N) is 7. The van der Waals surface area contributed by atoms with Crippen LogP contribution in [0.5, 0.6) is 0 Å². The summed E-state index contributed by atoms with van der Waals surface area (Å²) in [5.41, 5.74) is -0.583. The van der Waals surface area contributed by atoms with E-state index in [1.54, 1.807) is 37.1 Å². The number of benzene rings is 2. The first kappa shape index (κ1) is 24.5. The van der Waals surface area contributed by atoms with Crippen LogP contribution >= 0.6 is 15.9 Å². The maximum atomic E-state index is 14.5. The summed E-state index contributed by atoms with van der Waals surface area (Å²) in [5, 5.41) is 12.2. The van der Waals surface area contributed by atoms with E-state index in [4.69, 9.17) is 0 Å². The van der Waals surface area contributed by atoms with E-state index < -0.39 is 35.2 Å². The summed E-state index contributed by atoms with van der Waals surface area (Å²) in [7, 11) is 3.40. The number of aromatic nitrogens is 7. The molecule has 0 atom stereocenters. The average Bonchev–Trinajstić information content (AvgIpc) is 3.40. The molecule has 5 rings (SSSR count). The molecular formula is C23H18BrF3N8O2. The van der Waals surface area contributed by atoms with Gasteiger partial charge in [0.2, 0.25) is 0 Å². The van der Waals surface area contributed by atoms with Gasteiger partial charge < -0.3 is 5.32 Å². The van der Waals surface area contributed by atoms with Gasteiger partial charge >= 0.3 is 5.69 Å². The number of anilines is 2. The predicted octanol–water partition coefficient (Wildman–Crippen LogP) is 3.05. The SMILES string of the molecule is Cn1cnc(Cn2c(=O)cc(Nc3cc4cn(C)nc4cc3Br)n(Cc3cc(F)c(F)cc3F)c2=O)n1. The summed E-state index contributed by atoms with van der Waals surface area (Å²) < 4.78 is 47.5. The van der Waals surface area contributed by atoms with Crippen LogP contribution in [0.25, 0.3) is 10.9 Å². The highest BCUT2D eigenvalue weighted by molar-refractivity contribution is 9.10. The van der Waals surface area contributed by atoms with Gasteiger partial charge in [-0.25, -0.2) is 22.9 Å². The topological polar surface area (TPSA) is 105 Å². The zero-order valence-electron chi connectivity index (χ0n) is 19.4. The Kier molecular flexibility index (Phi) is 6.19. The van der Waals surface area contributed by atoms with Crippen LogP contribution in [-0.4, -0.2) is 33.7 Å². The molecule has 0 aliphatic heterocycles. The minimum absolute atomic E-state index is 0.00769. The highest BCUT2D eigenvalue weighted by Gasteiger charge is 2.18. The van der Waals surface area contributed by atoms with E-state index in [-0.39, 0.29) is 23.8 Å². The van der Waals surface area contributed by atoms with Crippen LogP contribution in [0.15, 0.2) is 56.9 Å². The highest BCUT2D eigenvalue weighted by Crippen LogP contribution is 2.30. The van der Waals surface area contributed by atoms with E-state index in [1.807, 2.05) is 0 Å². The second-order valence-electron chi connectivity index (χ2n) is 8.33. The molecule has 190 valence electrons. The van der Waals surface area contributed by atoms with Gasteiger partial charge in [0.05, 0.1) is 24.3 Å². The maximum absolute atomic E-state index is 14.5. The van der Waals surface area contributed by atoms with Crippen LogP contribution in [-0.2, 0) is 27.2 Å². The van der Waals surface area contributed by atoms with Crippen LogP contribution < -0.4 is 16.6 Å². The predicted molar refractivity (Wildman–Crippen MR) is 132 cm³/mol. The fourth-order valence-electron chi connectivity index (χ4n) is 3.87. The smallest absolute Gasteiger partial charge is 0.333 e. The Morgan fingerprint density at radius 3 is 2.38 bits per heavy atom. The van der Waals surface area contributed by atoms with Gasteiger partial charge in [0.25, 0.3) is 5.56 Å². The number of aryl methyl sites for hydroxylation is 2. The van der Waals surface area contributed by atoms with Crippen LogP contribution in [0.3, 0.4) is 0 Å². The number of rotatable bonds is 6. The summed E-state index contributed by atoms with van der Waals surface area (Å²) in [5.74, 6) is -3.45. The summed E-state index contributed by atoms with van der Waals surface area (Å²) in [6, 6.07) is 5.74. The normalized spacial score (nSPS) is 11.4. The molecule has 37 heavy (non-hydrogen) atoms. The van der Waals surface area contributed by atoms with Crippen molar-refractivity contribution in [3.8, 4) is 0 Å². The Balaban J connectivity index is 1.64. The highest BCUT2D eigenvalue weighted by atomic mass is 79.9. The summed E-state index contributed by atoms with van der Waals surface area (Å²) >= 11 is 3.45. The van der Waals surface area contributed by atoms with Gasteiger partial charge in [-0.15, -0.1) is 0 Å². The van der Waals surface area contributed by atoms with Crippen molar-refractivity contribution >= 4 is 38.3 Å². The lowest BCUT2D eigenvalue weighted by molar-refractivity contribution is 0.486. The summed E-state index contributed by atoms with van der Waals surface area (Å²) in [6.45, 7) is -0.739. The standard InChI is InChI=1S/C23H18BrF3N8O2/c1-32-8-13-4-19(14(24)5-18(13)30-32)29-21-7-22(36)35(10-20-28-11-33(2)31-20)23(37)34(21)9-12-3-16(26)17(27)6-15(12)25/h3-8,11,29H,9-10H2,1-2H3. The molecule has 3 heterocycles. The number of halogens is 4. The van der Waals surface area contributed by atoms with E-state index in [1.165, 1.54) is 11.0 Å². The lowest BCUT2D eigenvalue weighted by Gasteiger charge is -2.17. The lowest BCUT2D eigenvalue weighted by Crippen LogP contribution is -2.41. The van der Waals surface area contributed by atoms with Gasteiger partial charge in [-0.2, -0.15) is 10.2 Å². The molecule has 0 aliphatic carbocycles. The van der Waals surface area contributed by atoms with Crippen LogP contribution in [0, 0.1) is 17.5 Å². The Bertz CT molecular complexity index is 1790. The van der Waals surface area contributed by atoms with E-state index in [0.717, 1.165) is 20.6 Å². The van der Waals surface area contributed by atoms with Crippen molar-refractivity contribution in [1.29, 1.82) is 0 Å². The quantitative estimate of drug-likeness (QED) is 0.313. The van der Waals surface area contributed by atoms with Crippen molar-refractivity contribution < 1.29 is 13.2 Å². The largest absolute Gasteiger partial charge is 0.340 e. The first-order chi connectivity index (χ1) is 17.6. The minimum Gasteiger partial charge on any atom is -0.340 e. The van der Waals surface area contributed by atoms with Gasteiger partial charge in [0.1, 0.15) is 18.0 Å². The zero-order valence-corrected chi connectivity index (χ0v) is 21.0. The molecule has 5 aromatic rings. The lowest BCUT2D eigenvalue weighted by atomic mass is 10.2. The van der Waals surface area contributed by atoms with Crippen LogP contribution in [0.4, 0.5) is 24.7 Å². The van der Waals surface area contributed by atoms with Crippen LogP contribution in [0.2, 0.25) is 0 Å². The molecule has 0 bridgehead atoms. The molecule has 0 spiro atoms. The van der Waals surface area contributed by atoms with Crippen molar-refractivity contribution in [2.24, 2.45) is 14.1 Å². The molecule has 0 fully saturated rings. The van der Waals surface area contributed by atoms with Gasteiger partial charge in [-0.1, -0.05) is 0 Å². The van der Waals surface area contributed by atoms with E-state index >= 15 is 0 Å². The van der Waals surface area contributed by atoms with Crippen molar-refractivity contribution in [3.05, 3.63) is 97.0 Å². The fraction of sp³-hybridized carbons (Fsp3) is 0.174. The Hall–Kier alpha value is -4.20. The van der Waals surface area contributed by atoms with Crippen molar-refractivity contribution in [3.63, 3.8) is 0 Å². The molecule has 0 aliphatic rings. The molecule has 10 nitrogen and oxygen atoms in total. The molecule has 0 saturated heterocycles. The van der Waals surface area contributed by atoms with Crippen molar-refractivity contribution in [2.45, 2.75) is 13.1 Å². The zero-order chi connectivity index (χ0) is 26.4. The van der Waals surface area contributed by atoms with Gasteiger partial charge in [0, 0.05) is 47.8 Å². The fourth-order valence-corrected chi connectivity index (χ4v) is 4.30. The first-order valence-corrected chi connectivity index (χ1v) is 11.6. The van der Waals surface area contributed by atoms with Gasteiger partial charge in [-0.05, 0) is 34.1 Å². The monoisotopic (exact) mass is 574 g/mol. The van der Waals surface area contributed by atoms with Crippen LogP contribution in [0.1, 0.15) is 11.4 Å². The van der Waals surface area contributed by atoms with Crippen molar-refractivity contribution in [1.82, 2.24) is 33.7 Å². The number of nitrogens with one attached hydrogen (secondary N) is 1. The van der Waals surface area contributed by atoms with E-state index in [2.05, 4.69) is 36.4 Å². The second-order valence-corrected chi connectivity index (χ2v) is 9.19. The molecular weight excluding hydrogens is 557 g/mol. The number of fused-ring (bicyclic) bond motifs is 1. The second kappa shape index (κ2) is 9.35. The molecule has 0 saturated carbocycles. The van der Waals surface area contributed by atoms with E-state index in [0.29, 0.717) is 27.8 Å². The third kappa shape index (κ3) is 4.79. The maximum Gasteiger partial charge on any atom is 0.333 e. The van der Waals surface area contributed by atoms with E-state index in [9.17, 15) is 22.8 Å². The number of hydrogen-bond acceptors (Lipinski definition) is 6. The molecule has 3 aromatic heterocycles. The summed E-state index contributed by atoms with van der Waals surface area (Å²) in [6.07, 6.45) is 3.20. The Morgan fingerprint density at radius 2 is 1.65 bits per heavy atom. The third-order valence-corrected chi connectivity index (χ3v) is 6.27. The molecule has 2 aromatic carbocycles. The van der Waals surface area contributed by atoms with Crippen molar-refractivity contribution in [2.75, 3.05) is 5.32 Å². The first-order valence-electron chi connectivity index (χ1n) is 10.8. The average molecular weight is 575 g/mol.